The molecule has 0 N–H and O–H groups in total. The summed E-state index contributed by atoms with van der Waals surface area (Å²) in [5.41, 5.74) is 0.783. The van der Waals surface area contributed by atoms with Crippen LogP contribution in [0.5, 0.6) is 5.75 Å². The minimum Gasteiger partial charge on any atom is -0.489 e. The molecule has 0 fully saturated rings. The van der Waals surface area contributed by atoms with Crippen molar-refractivity contribution in [3.8, 4) is 5.75 Å². The fourth-order valence-electron chi connectivity index (χ4n) is 1.57. The van der Waals surface area contributed by atoms with Crippen LogP contribution in [0.3, 0.4) is 0 Å². The molecular weight excluding hydrogens is 226 g/mol. The maximum atomic E-state index is 11.8. The first-order valence-electron chi connectivity index (χ1n) is 6.43. The highest BCUT2D eigenvalue weighted by atomic mass is 16.5. The SMILES string of the molecule is CC(C)Oc1cncc(CCC(=O)C(C)(C)C)c1. The Morgan fingerprint density at radius 2 is 2.00 bits per heavy atom. The molecule has 1 aromatic heterocycles. The highest BCUT2D eigenvalue weighted by molar-refractivity contribution is 5.83. The number of pyridine rings is 1. The number of aryl methyl sites for hydroxylation is 1. The van der Waals surface area contributed by atoms with E-state index in [-0.39, 0.29) is 17.3 Å². The first-order chi connectivity index (χ1) is 8.29. The lowest BCUT2D eigenvalue weighted by molar-refractivity contribution is -0.126. The molecule has 0 saturated heterocycles. The lowest BCUT2D eigenvalue weighted by atomic mass is 9.87. The van der Waals surface area contributed by atoms with Crippen molar-refractivity contribution in [1.82, 2.24) is 4.98 Å². The van der Waals surface area contributed by atoms with Gasteiger partial charge < -0.3 is 4.74 Å². The Morgan fingerprint density at radius 1 is 1.33 bits per heavy atom. The maximum Gasteiger partial charge on any atom is 0.138 e. The van der Waals surface area contributed by atoms with Crippen LogP contribution in [0.15, 0.2) is 18.5 Å². The Hall–Kier alpha value is -1.38. The minimum absolute atomic E-state index is 0.137. The van der Waals surface area contributed by atoms with Crippen LogP contribution in [0, 0.1) is 5.41 Å². The molecule has 1 heterocycles. The first-order valence-corrected chi connectivity index (χ1v) is 6.43. The van der Waals surface area contributed by atoms with Gasteiger partial charge in [-0.1, -0.05) is 20.8 Å². The van der Waals surface area contributed by atoms with Crippen molar-refractivity contribution in [2.45, 2.75) is 53.6 Å². The fourth-order valence-corrected chi connectivity index (χ4v) is 1.57. The summed E-state index contributed by atoms with van der Waals surface area (Å²) >= 11 is 0. The summed E-state index contributed by atoms with van der Waals surface area (Å²) in [6.45, 7) is 9.81. The maximum absolute atomic E-state index is 11.8. The largest absolute Gasteiger partial charge is 0.489 e. The highest BCUT2D eigenvalue weighted by Crippen LogP contribution is 2.19. The average Bonchev–Trinajstić information content (AvgIpc) is 2.24. The molecule has 0 aliphatic heterocycles. The zero-order valence-corrected chi connectivity index (χ0v) is 12.0. The van der Waals surface area contributed by atoms with Gasteiger partial charge >= 0.3 is 0 Å². The smallest absolute Gasteiger partial charge is 0.138 e. The lowest BCUT2D eigenvalue weighted by Crippen LogP contribution is -2.20. The van der Waals surface area contributed by atoms with Gasteiger partial charge in [-0.3, -0.25) is 9.78 Å². The van der Waals surface area contributed by atoms with Crippen LogP contribution in [0.2, 0.25) is 0 Å². The molecule has 1 aromatic rings. The molecule has 0 aromatic carbocycles. The monoisotopic (exact) mass is 249 g/mol. The highest BCUT2D eigenvalue weighted by Gasteiger charge is 2.20. The van der Waals surface area contributed by atoms with Crippen LogP contribution in [0.25, 0.3) is 0 Å². The van der Waals surface area contributed by atoms with E-state index < -0.39 is 0 Å². The molecule has 0 unspecified atom stereocenters. The van der Waals surface area contributed by atoms with Gasteiger partial charge in [-0.25, -0.2) is 0 Å². The van der Waals surface area contributed by atoms with Crippen LogP contribution in [0.4, 0.5) is 0 Å². The van der Waals surface area contributed by atoms with Crippen molar-refractivity contribution in [3.63, 3.8) is 0 Å². The van der Waals surface area contributed by atoms with E-state index in [1.165, 1.54) is 0 Å². The molecule has 18 heavy (non-hydrogen) atoms. The number of ether oxygens (including phenoxy) is 1. The van der Waals surface area contributed by atoms with Crippen molar-refractivity contribution < 1.29 is 9.53 Å². The Balaban J connectivity index is 2.60. The standard InChI is InChI=1S/C15H23NO2/c1-11(2)18-13-8-12(9-16-10-13)6-7-14(17)15(3,4)5/h8-11H,6-7H2,1-5H3. The van der Waals surface area contributed by atoms with Crippen LogP contribution in [-0.4, -0.2) is 16.9 Å². The second-order valence-electron chi connectivity index (χ2n) is 5.87. The number of carbonyl (C=O) groups excluding carboxylic acids is 1. The van der Waals surface area contributed by atoms with Gasteiger partial charge in [0.1, 0.15) is 11.5 Å². The molecular formula is C15H23NO2. The van der Waals surface area contributed by atoms with Gasteiger partial charge in [-0.2, -0.15) is 0 Å². The summed E-state index contributed by atoms with van der Waals surface area (Å²) in [6.07, 6.45) is 4.91. The molecule has 0 radical (unpaired) electrons. The van der Waals surface area contributed by atoms with Gasteiger partial charge in [0.05, 0.1) is 12.3 Å². The number of nitrogens with zero attached hydrogens (tertiary/aromatic N) is 1. The van der Waals surface area contributed by atoms with Crippen LogP contribution in [-0.2, 0) is 11.2 Å². The number of Topliss-reactive ketones (excluding diaryl/α,β-unsaturated/α-hetero) is 1. The molecule has 0 amide bonds. The van der Waals surface area contributed by atoms with Crippen LogP contribution < -0.4 is 4.74 Å². The predicted molar refractivity (Wildman–Crippen MR) is 72.8 cm³/mol. The van der Waals surface area contributed by atoms with E-state index in [1.54, 1.807) is 12.4 Å². The van der Waals surface area contributed by atoms with Crippen LogP contribution in [0.1, 0.15) is 46.6 Å². The molecule has 100 valence electrons. The minimum atomic E-state index is -0.264. The van der Waals surface area contributed by atoms with E-state index >= 15 is 0 Å². The van der Waals surface area contributed by atoms with Gasteiger partial charge in [0, 0.05) is 18.0 Å². The summed E-state index contributed by atoms with van der Waals surface area (Å²) in [4.78, 5) is 16.0. The second kappa shape index (κ2) is 5.98. The summed E-state index contributed by atoms with van der Waals surface area (Å²) in [7, 11) is 0. The molecule has 0 spiro atoms. The Bertz CT molecular complexity index is 405. The Morgan fingerprint density at radius 3 is 2.56 bits per heavy atom. The summed E-state index contributed by atoms with van der Waals surface area (Å²) in [5.74, 6) is 1.04. The third-order valence-corrected chi connectivity index (χ3v) is 2.62. The van der Waals surface area contributed by atoms with Gasteiger partial charge in [0.25, 0.3) is 0 Å². The number of rotatable bonds is 5. The first kappa shape index (κ1) is 14.7. The zero-order chi connectivity index (χ0) is 13.8. The summed E-state index contributed by atoms with van der Waals surface area (Å²) < 4.78 is 5.58. The van der Waals surface area contributed by atoms with E-state index in [1.807, 2.05) is 40.7 Å². The van der Waals surface area contributed by atoms with Crippen LogP contribution >= 0.6 is 0 Å². The molecule has 0 bridgehead atoms. The molecule has 1 rings (SSSR count). The predicted octanol–water partition coefficient (Wildman–Crippen LogP) is 3.42. The van der Waals surface area contributed by atoms with Gasteiger partial charge in [-0.05, 0) is 31.9 Å². The Labute approximate surface area is 110 Å². The number of aromatic nitrogens is 1. The summed E-state index contributed by atoms with van der Waals surface area (Å²) in [6, 6.07) is 1.96. The molecule has 0 aliphatic rings. The van der Waals surface area contributed by atoms with Gasteiger partial charge in [0.2, 0.25) is 0 Å². The molecule has 3 heteroatoms. The quantitative estimate of drug-likeness (QED) is 0.802. The number of hydrogen-bond donors (Lipinski definition) is 0. The average molecular weight is 249 g/mol. The normalized spacial score (nSPS) is 11.7. The number of hydrogen-bond acceptors (Lipinski definition) is 3. The van der Waals surface area contributed by atoms with Gasteiger partial charge in [-0.15, -0.1) is 0 Å². The van der Waals surface area contributed by atoms with E-state index in [9.17, 15) is 4.79 Å². The number of ketones is 1. The Kier molecular flexibility index (Phi) is 4.88. The third kappa shape index (κ3) is 4.86. The zero-order valence-electron chi connectivity index (χ0n) is 12.0. The van der Waals surface area contributed by atoms with Gasteiger partial charge in [0.15, 0.2) is 0 Å². The number of carbonyl (C=O) groups is 1. The van der Waals surface area contributed by atoms with Crippen molar-refractivity contribution in [1.29, 1.82) is 0 Å². The van der Waals surface area contributed by atoms with E-state index in [0.717, 1.165) is 17.7 Å². The lowest BCUT2D eigenvalue weighted by Gasteiger charge is -2.16. The third-order valence-electron chi connectivity index (χ3n) is 2.62. The molecule has 0 atom stereocenters. The van der Waals surface area contributed by atoms with Crippen molar-refractivity contribution in [3.05, 3.63) is 24.0 Å². The molecule has 0 saturated carbocycles. The van der Waals surface area contributed by atoms with E-state index in [0.29, 0.717) is 6.42 Å². The van der Waals surface area contributed by atoms with Crippen molar-refractivity contribution in [2.75, 3.05) is 0 Å². The molecule has 3 nitrogen and oxygen atoms in total. The summed E-state index contributed by atoms with van der Waals surface area (Å²) in [5, 5.41) is 0. The second-order valence-corrected chi connectivity index (χ2v) is 5.87. The van der Waals surface area contributed by atoms with Crippen molar-refractivity contribution in [2.24, 2.45) is 5.41 Å². The van der Waals surface area contributed by atoms with E-state index in [2.05, 4.69) is 4.98 Å². The molecule has 0 aliphatic carbocycles. The van der Waals surface area contributed by atoms with Crippen molar-refractivity contribution >= 4 is 5.78 Å². The fraction of sp³-hybridized carbons (Fsp3) is 0.600. The topological polar surface area (TPSA) is 39.2 Å². The van der Waals surface area contributed by atoms with E-state index in [4.69, 9.17) is 4.74 Å².